The molecule has 0 aromatic heterocycles. The second-order valence-electron chi connectivity index (χ2n) is 6.02. The molecule has 1 aliphatic heterocycles. The van der Waals surface area contributed by atoms with E-state index in [4.69, 9.17) is 4.74 Å². The van der Waals surface area contributed by atoms with Gasteiger partial charge in [0.15, 0.2) is 0 Å². The van der Waals surface area contributed by atoms with Gasteiger partial charge in [-0.2, -0.15) is 0 Å². The normalized spacial score (nSPS) is 25.9. The van der Waals surface area contributed by atoms with Crippen LogP contribution in [0, 0.1) is 5.92 Å². The summed E-state index contributed by atoms with van der Waals surface area (Å²) < 4.78 is 5.57. The number of fused-ring (bicyclic) bond motifs is 1. The molecule has 3 rings (SSSR count). The van der Waals surface area contributed by atoms with E-state index < -0.39 is 0 Å². The molecule has 1 N–H and O–H groups in total. The van der Waals surface area contributed by atoms with Crippen molar-refractivity contribution in [2.75, 3.05) is 13.7 Å². The first-order valence-electron chi connectivity index (χ1n) is 7.78. The zero-order chi connectivity index (χ0) is 13.1. The Labute approximate surface area is 116 Å². The zero-order valence-corrected chi connectivity index (χ0v) is 12.0. The first-order chi connectivity index (χ1) is 9.36. The lowest BCUT2D eigenvalue weighted by Gasteiger charge is -2.31. The molecule has 2 heteroatoms. The van der Waals surface area contributed by atoms with Crippen LogP contribution in [-0.4, -0.2) is 19.7 Å². The fourth-order valence-corrected chi connectivity index (χ4v) is 3.68. The Bertz CT molecular complexity index is 429. The van der Waals surface area contributed by atoms with Crippen molar-refractivity contribution in [1.29, 1.82) is 0 Å². The summed E-state index contributed by atoms with van der Waals surface area (Å²) in [6, 6.07) is 7.51. The molecule has 0 saturated heterocycles. The van der Waals surface area contributed by atoms with Crippen molar-refractivity contribution < 1.29 is 4.74 Å². The molecule has 19 heavy (non-hydrogen) atoms. The van der Waals surface area contributed by atoms with Crippen molar-refractivity contribution >= 4 is 0 Å². The van der Waals surface area contributed by atoms with E-state index in [1.54, 1.807) is 0 Å². The number of nitrogens with one attached hydrogen (secondary N) is 1. The summed E-state index contributed by atoms with van der Waals surface area (Å²) in [7, 11) is 2.12. The molecule has 1 aromatic rings. The third kappa shape index (κ3) is 2.94. The molecule has 2 aliphatic rings. The number of benzene rings is 1. The predicted octanol–water partition coefficient (Wildman–Crippen LogP) is 3.33. The molecule has 1 saturated carbocycles. The summed E-state index contributed by atoms with van der Waals surface area (Å²) in [5.41, 5.74) is 2.90. The Morgan fingerprint density at radius 2 is 2.16 bits per heavy atom. The van der Waals surface area contributed by atoms with Crippen LogP contribution in [0.4, 0.5) is 0 Å². The minimum Gasteiger partial charge on any atom is -0.493 e. The van der Waals surface area contributed by atoms with Crippen molar-refractivity contribution in [1.82, 2.24) is 5.32 Å². The summed E-state index contributed by atoms with van der Waals surface area (Å²) in [6.45, 7) is 0.864. The summed E-state index contributed by atoms with van der Waals surface area (Å²) in [5.74, 6) is 1.97. The van der Waals surface area contributed by atoms with E-state index in [-0.39, 0.29) is 0 Å². The van der Waals surface area contributed by atoms with Crippen LogP contribution in [0.5, 0.6) is 5.75 Å². The number of rotatable bonds is 4. The molecule has 0 bridgehead atoms. The molecule has 1 aromatic carbocycles. The average molecular weight is 259 g/mol. The lowest BCUT2D eigenvalue weighted by molar-refractivity contribution is 0.260. The van der Waals surface area contributed by atoms with Gasteiger partial charge in [0, 0.05) is 12.5 Å². The zero-order valence-electron chi connectivity index (χ0n) is 12.0. The van der Waals surface area contributed by atoms with E-state index in [1.165, 1.54) is 49.7 Å². The van der Waals surface area contributed by atoms with Crippen molar-refractivity contribution in [2.45, 2.75) is 51.0 Å². The van der Waals surface area contributed by atoms with Crippen molar-refractivity contribution in [3.05, 3.63) is 29.3 Å². The number of ether oxygens (including phenoxy) is 1. The van der Waals surface area contributed by atoms with Gasteiger partial charge in [0.2, 0.25) is 0 Å². The molecule has 0 amide bonds. The van der Waals surface area contributed by atoms with E-state index in [0.29, 0.717) is 0 Å². The van der Waals surface area contributed by atoms with Crippen LogP contribution in [0.1, 0.15) is 43.2 Å². The third-order valence-electron chi connectivity index (χ3n) is 4.84. The highest BCUT2D eigenvalue weighted by Crippen LogP contribution is 2.30. The number of aryl methyl sites for hydroxylation is 1. The molecule has 2 unspecified atom stereocenters. The van der Waals surface area contributed by atoms with Crippen molar-refractivity contribution in [3.8, 4) is 5.75 Å². The van der Waals surface area contributed by atoms with Crippen LogP contribution in [-0.2, 0) is 12.8 Å². The molecule has 1 heterocycles. The van der Waals surface area contributed by atoms with Gasteiger partial charge in [-0.15, -0.1) is 0 Å². The highest BCUT2D eigenvalue weighted by atomic mass is 16.5. The molecule has 104 valence electrons. The Morgan fingerprint density at radius 3 is 3.05 bits per heavy atom. The summed E-state index contributed by atoms with van der Waals surface area (Å²) in [5, 5.41) is 3.51. The summed E-state index contributed by atoms with van der Waals surface area (Å²) in [6.07, 6.45) is 9.21. The highest BCUT2D eigenvalue weighted by molar-refractivity contribution is 5.39. The fraction of sp³-hybridized carbons (Fsp3) is 0.647. The van der Waals surface area contributed by atoms with Crippen LogP contribution in [0.3, 0.4) is 0 Å². The summed E-state index contributed by atoms with van der Waals surface area (Å²) >= 11 is 0. The van der Waals surface area contributed by atoms with Gasteiger partial charge in [-0.25, -0.2) is 0 Å². The lowest BCUT2D eigenvalue weighted by Crippen LogP contribution is -2.36. The van der Waals surface area contributed by atoms with Crippen molar-refractivity contribution in [3.63, 3.8) is 0 Å². The Hall–Kier alpha value is -1.02. The van der Waals surface area contributed by atoms with Gasteiger partial charge in [-0.3, -0.25) is 0 Å². The molecule has 1 aliphatic carbocycles. The van der Waals surface area contributed by atoms with E-state index in [9.17, 15) is 0 Å². The molecule has 0 radical (unpaired) electrons. The standard InChI is InChI=1S/C17H25NO/c1-18-16-5-3-2-4-14(16)8-6-13-7-9-17-15(12-13)10-11-19-17/h7,9,12,14,16,18H,2-6,8,10-11H2,1H3. The van der Waals surface area contributed by atoms with Gasteiger partial charge < -0.3 is 10.1 Å². The maximum Gasteiger partial charge on any atom is 0.122 e. The smallest absolute Gasteiger partial charge is 0.122 e. The first-order valence-corrected chi connectivity index (χ1v) is 7.78. The lowest BCUT2D eigenvalue weighted by atomic mass is 9.81. The minimum atomic E-state index is 0.742. The molecular weight excluding hydrogens is 234 g/mol. The predicted molar refractivity (Wildman–Crippen MR) is 78.8 cm³/mol. The largest absolute Gasteiger partial charge is 0.493 e. The Kier molecular flexibility index (Phi) is 4.07. The van der Waals surface area contributed by atoms with Crippen LogP contribution < -0.4 is 10.1 Å². The van der Waals surface area contributed by atoms with Crippen LogP contribution in [0.2, 0.25) is 0 Å². The molecule has 2 nitrogen and oxygen atoms in total. The van der Waals surface area contributed by atoms with E-state index in [1.807, 2.05) is 0 Å². The van der Waals surface area contributed by atoms with Gasteiger partial charge in [0.05, 0.1) is 6.61 Å². The quantitative estimate of drug-likeness (QED) is 0.895. The molecule has 0 spiro atoms. The van der Waals surface area contributed by atoms with Crippen LogP contribution in [0.15, 0.2) is 18.2 Å². The van der Waals surface area contributed by atoms with Gasteiger partial charge in [0.25, 0.3) is 0 Å². The van der Waals surface area contributed by atoms with E-state index in [0.717, 1.165) is 30.7 Å². The van der Waals surface area contributed by atoms with Crippen molar-refractivity contribution in [2.24, 2.45) is 5.92 Å². The highest BCUT2D eigenvalue weighted by Gasteiger charge is 2.23. The Morgan fingerprint density at radius 1 is 1.26 bits per heavy atom. The second kappa shape index (κ2) is 5.96. The maximum atomic E-state index is 5.57. The third-order valence-corrected chi connectivity index (χ3v) is 4.84. The van der Waals surface area contributed by atoms with Gasteiger partial charge in [-0.05, 0) is 55.8 Å². The second-order valence-corrected chi connectivity index (χ2v) is 6.02. The van der Waals surface area contributed by atoms with Gasteiger partial charge in [-0.1, -0.05) is 25.0 Å². The SMILES string of the molecule is CNC1CCCCC1CCc1ccc2c(c1)CCO2. The molecule has 2 atom stereocenters. The maximum absolute atomic E-state index is 5.57. The monoisotopic (exact) mass is 259 g/mol. The van der Waals surface area contributed by atoms with Gasteiger partial charge >= 0.3 is 0 Å². The topological polar surface area (TPSA) is 21.3 Å². The summed E-state index contributed by atoms with van der Waals surface area (Å²) in [4.78, 5) is 0. The van der Waals surface area contributed by atoms with E-state index >= 15 is 0 Å². The van der Waals surface area contributed by atoms with Crippen LogP contribution in [0.25, 0.3) is 0 Å². The first kappa shape index (κ1) is 13.0. The minimum absolute atomic E-state index is 0.742. The molecule has 1 fully saturated rings. The number of hydrogen-bond donors (Lipinski definition) is 1. The molecular formula is C17H25NO. The number of hydrogen-bond acceptors (Lipinski definition) is 2. The van der Waals surface area contributed by atoms with Gasteiger partial charge in [0.1, 0.15) is 5.75 Å². The average Bonchev–Trinajstić information content (AvgIpc) is 2.93. The van der Waals surface area contributed by atoms with Crippen LogP contribution >= 0.6 is 0 Å². The fourth-order valence-electron chi connectivity index (χ4n) is 3.68. The van der Waals surface area contributed by atoms with E-state index in [2.05, 4.69) is 30.6 Å². The Balaban J connectivity index is 1.59.